The van der Waals surface area contributed by atoms with Crippen molar-refractivity contribution in [3.8, 4) is 0 Å². The number of hydrogen-bond donors (Lipinski definition) is 1. The second-order valence-corrected chi connectivity index (χ2v) is 5.37. The van der Waals surface area contributed by atoms with Crippen LogP contribution in [0.4, 0.5) is 0 Å². The minimum absolute atomic E-state index is 0.0734. The lowest BCUT2D eigenvalue weighted by molar-refractivity contribution is -0.163. The van der Waals surface area contributed by atoms with Crippen LogP contribution in [0, 0.1) is 5.41 Å². The number of aliphatic carboxylic acids is 1. The van der Waals surface area contributed by atoms with E-state index in [0.29, 0.717) is 25.7 Å². The van der Waals surface area contributed by atoms with E-state index in [2.05, 4.69) is 10.0 Å². The molecule has 1 aromatic rings. The molecule has 1 aliphatic rings. The van der Waals surface area contributed by atoms with Gasteiger partial charge in [-0.1, -0.05) is 48.3 Å². The molecule has 1 saturated carbocycles. The van der Waals surface area contributed by atoms with Crippen LogP contribution in [0.5, 0.6) is 0 Å². The van der Waals surface area contributed by atoms with Crippen molar-refractivity contribution in [2.24, 2.45) is 10.5 Å². The summed E-state index contributed by atoms with van der Waals surface area (Å²) in [6, 6.07) is 7.71. The van der Waals surface area contributed by atoms with Crippen molar-refractivity contribution in [1.82, 2.24) is 0 Å². The normalized spacial score (nSPS) is 17.3. The molecule has 1 atom stereocenters. The minimum atomic E-state index is -1.43. The van der Waals surface area contributed by atoms with E-state index < -0.39 is 23.4 Å². The lowest BCUT2D eigenvalue weighted by atomic mass is 9.79. The molecular weight excluding hydrogens is 286 g/mol. The van der Waals surface area contributed by atoms with E-state index in [1.54, 1.807) is 0 Å². The molecule has 0 bridgehead atoms. The van der Waals surface area contributed by atoms with Gasteiger partial charge in [-0.05, 0) is 23.9 Å². The van der Waals surface area contributed by atoms with Crippen LogP contribution in [-0.2, 0) is 20.9 Å². The molecule has 7 heteroatoms. The molecule has 7 nitrogen and oxygen atoms in total. The molecule has 0 heterocycles. The average Bonchev–Trinajstić information content (AvgIpc) is 3.01. The molecule has 0 amide bonds. The summed E-state index contributed by atoms with van der Waals surface area (Å²) in [5.74, 6) is -1.90. The van der Waals surface area contributed by atoms with Crippen molar-refractivity contribution in [1.29, 1.82) is 0 Å². The Morgan fingerprint density at radius 2 is 1.95 bits per heavy atom. The quantitative estimate of drug-likeness (QED) is 0.376. The van der Waals surface area contributed by atoms with Gasteiger partial charge in [0.05, 0.1) is 5.41 Å². The van der Waals surface area contributed by atoms with Crippen molar-refractivity contribution in [3.05, 3.63) is 46.3 Å². The van der Waals surface area contributed by atoms with Crippen molar-refractivity contribution >= 4 is 11.9 Å². The van der Waals surface area contributed by atoms with Crippen LogP contribution in [0.1, 0.15) is 31.2 Å². The molecule has 1 aliphatic carbocycles. The Balaban J connectivity index is 2.17. The number of benzene rings is 1. The molecule has 1 aromatic carbocycles. The van der Waals surface area contributed by atoms with Crippen molar-refractivity contribution in [3.63, 3.8) is 0 Å². The fourth-order valence-electron chi connectivity index (χ4n) is 2.91. The number of carboxylic acid groups (broad SMARTS) is 1. The third-order valence-electron chi connectivity index (χ3n) is 4.04. The number of carbonyl (C=O) groups excluding carboxylic acids is 1. The predicted octanol–water partition coefficient (Wildman–Crippen LogP) is 3.05. The molecule has 0 unspecified atom stereocenters. The zero-order chi connectivity index (χ0) is 16.0. The van der Waals surface area contributed by atoms with Gasteiger partial charge in [-0.2, -0.15) is 0 Å². The van der Waals surface area contributed by atoms with Gasteiger partial charge in [0.25, 0.3) is 0 Å². The Labute approximate surface area is 127 Å². The molecule has 1 fully saturated rings. The van der Waals surface area contributed by atoms with Gasteiger partial charge < -0.3 is 9.84 Å². The maximum absolute atomic E-state index is 12.5. The van der Waals surface area contributed by atoms with E-state index in [4.69, 9.17) is 10.3 Å². The number of ether oxygens (including phenoxy) is 1. The van der Waals surface area contributed by atoms with Crippen molar-refractivity contribution in [2.45, 2.75) is 38.3 Å². The highest BCUT2D eigenvalue weighted by molar-refractivity contribution is 5.87. The molecule has 1 N–H and O–H groups in total. The molecule has 22 heavy (non-hydrogen) atoms. The summed E-state index contributed by atoms with van der Waals surface area (Å²) >= 11 is 0. The molecule has 0 aliphatic heterocycles. The first-order valence-electron chi connectivity index (χ1n) is 7.08. The zero-order valence-corrected chi connectivity index (χ0v) is 12.0. The first-order chi connectivity index (χ1) is 10.6. The van der Waals surface area contributed by atoms with Crippen LogP contribution in [0.2, 0.25) is 0 Å². The Hall–Kier alpha value is -2.53. The highest BCUT2D eigenvalue weighted by Gasteiger charge is 2.52. The van der Waals surface area contributed by atoms with Crippen LogP contribution in [0.15, 0.2) is 35.4 Å². The highest BCUT2D eigenvalue weighted by atomic mass is 16.5. The van der Waals surface area contributed by atoms with Gasteiger partial charge in [0.2, 0.25) is 0 Å². The van der Waals surface area contributed by atoms with Gasteiger partial charge in [0.15, 0.2) is 6.04 Å². The van der Waals surface area contributed by atoms with Gasteiger partial charge in [-0.3, -0.25) is 9.59 Å². The lowest BCUT2D eigenvalue weighted by Gasteiger charge is -2.29. The van der Waals surface area contributed by atoms with Crippen molar-refractivity contribution < 1.29 is 19.4 Å². The van der Waals surface area contributed by atoms with Crippen LogP contribution < -0.4 is 0 Å². The van der Waals surface area contributed by atoms with Crippen LogP contribution in [0.3, 0.4) is 0 Å². The number of nitrogens with zero attached hydrogens (tertiary/aromatic N) is 3. The zero-order valence-electron chi connectivity index (χ0n) is 12.0. The Kier molecular flexibility index (Phi) is 5.01. The van der Waals surface area contributed by atoms with Gasteiger partial charge >= 0.3 is 11.9 Å². The smallest absolute Gasteiger partial charge is 0.313 e. The highest BCUT2D eigenvalue weighted by Crippen LogP contribution is 2.44. The second kappa shape index (κ2) is 6.95. The third-order valence-corrected chi connectivity index (χ3v) is 4.04. The van der Waals surface area contributed by atoms with E-state index in [9.17, 15) is 14.7 Å². The fraction of sp³-hybridized carbons (Fsp3) is 0.467. The van der Waals surface area contributed by atoms with Gasteiger partial charge in [-0.25, -0.2) is 0 Å². The monoisotopic (exact) mass is 303 g/mol. The molecule has 0 spiro atoms. The SMILES string of the molecule is [N-]=[N+]=N[C@H](C(=O)O)C1(C(=O)OCc2ccccc2)CCCC1. The fourth-order valence-corrected chi connectivity index (χ4v) is 2.91. The van der Waals surface area contributed by atoms with E-state index in [1.165, 1.54) is 0 Å². The molecule has 116 valence electrons. The Morgan fingerprint density at radius 3 is 2.50 bits per heavy atom. The summed E-state index contributed by atoms with van der Waals surface area (Å²) in [6.45, 7) is 0.0734. The number of esters is 1. The molecule has 0 radical (unpaired) electrons. The number of rotatable bonds is 6. The third kappa shape index (κ3) is 3.20. The minimum Gasteiger partial charge on any atom is -0.481 e. The Morgan fingerprint density at radius 1 is 1.32 bits per heavy atom. The van der Waals surface area contributed by atoms with E-state index >= 15 is 0 Å². The van der Waals surface area contributed by atoms with E-state index in [-0.39, 0.29) is 6.61 Å². The van der Waals surface area contributed by atoms with Gasteiger partial charge in [0.1, 0.15) is 6.61 Å². The van der Waals surface area contributed by atoms with Crippen molar-refractivity contribution in [2.75, 3.05) is 0 Å². The standard InChI is InChI=1S/C15H17N3O4/c16-18-17-12(13(19)20)15(8-4-5-9-15)14(21)22-10-11-6-2-1-3-7-11/h1-3,6-7,12H,4-5,8-10H2,(H,19,20)/t12-/m1/s1. The predicted molar refractivity (Wildman–Crippen MR) is 77.7 cm³/mol. The number of carbonyl (C=O) groups is 2. The molecule has 0 saturated heterocycles. The molecule has 0 aromatic heterocycles. The van der Waals surface area contributed by atoms with Crippen LogP contribution in [-0.4, -0.2) is 23.1 Å². The second-order valence-electron chi connectivity index (χ2n) is 5.37. The number of azide groups is 1. The van der Waals surface area contributed by atoms with Gasteiger partial charge in [0, 0.05) is 4.91 Å². The first kappa shape index (κ1) is 15.9. The summed E-state index contributed by atoms with van der Waals surface area (Å²) < 4.78 is 5.31. The Bertz CT molecular complexity index is 588. The maximum Gasteiger partial charge on any atom is 0.313 e. The summed E-state index contributed by atoms with van der Waals surface area (Å²) in [5.41, 5.74) is 8.15. The van der Waals surface area contributed by atoms with Crippen LogP contribution >= 0.6 is 0 Å². The molecule has 2 rings (SSSR count). The van der Waals surface area contributed by atoms with Crippen LogP contribution in [0.25, 0.3) is 10.4 Å². The number of carboxylic acids is 1. The molecular formula is C15H17N3O4. The largest absolute Gasteiger partial charge is 0.481 e. The van der Waals surface area contributed by atoms with E-state index in [1.807, 2.05) is 30.3 Å². The summed E-state index contributed by atoms with van der Waals surface area (Å²) in [6.07, 6.45) is 2.14. The number of hydrogen-bond acceptors (Lipinski definition) is 4. The topological polar surface area (TPSA) is 112 Å². The maximum atomic E-state index is 12.5. The lowest BCUT2D eigenvalue weighted by Crippen LogP contribution is -2.44. The average molecular weight is 303 g/mol. The summed E-state index contributed by atoms with van der Waals surface area (Å²) in [7, 11) is 0. The summed E-state index contributed by atoms with van der Waals surface area (Å²) in [5, 5.41) is 12.6. The first-order valence-corrected chi connectivity index (χ1v) is 7.08. The summed E-state index contributed by atoms with van der Waals surface area (Å²) in [4.78, 5) is 26.5. The van der Waals surface area contributed by atoms with E-state index in [0.717, 1.165) is 5.56 Å². The van der Waals surface area contributed by atoms with Gasteiger partial charge in [-0.15, -0.1) is 0 Å².